The number of hydrogen-bond acceptors (Lipinski definition) is 4. The summed E-state index contributed by atoms with van der Waals surface area (Å²) in [5.74, 6) is -21.2. The number of nitrogens with one attached hydrogen (secondary N) is 1. The summed E-state index contributed by atoms with van der Waals surface area (Å²) in [5, 5.41) is 17.2. The van der Waals surface area contributed by atoms with Gasteiger partial charge in [-0.15, -0.1) is 0 Å². The van der Waals surface area contributed by atoms with Crippen molar-refractivity contribution in [3.63, 3.8) is 0 Å². The van der Waals surface area contributed by atoms with Crippen molar-refractivity contribution in [1.29, 1.82) is 4.35 Å². The van der Waals surface area contributed by atoms with Crippen LogP contribution in [0.25, 0.3) is 12.2 Å². The quantitative estimate of drug-likeness (QED) is 0.0537. The van der Waals surface area contributed by atoms with Gasteiger partial charge in [-0.1, -0.05) is 112 Å². The Morgan fingerprint density at radius 1 is 0.619 bits per heavy atom. The van der Waals surface area contributed by atoms with Gasteiger partial charge in [0.25, 0.3) is 0 Å². The van der Waals surface area contributed by atoms with Crippen molar-refractivity contribution in [3.8, 4) is 0 Å². The summed E-state index contributed by atoms with van der Waals surface area (Å²) in [6.07, 6.45) is 3.60. The van der Waals surface area contributed by atoms with Gasteiger partial charge in [-0.05, 0) is 71.9 Å². The molecule has 0 aromatic heterocycles. The second kappa shape index (κ2) is 39.1. The van der Waals surface area contributed by atoms with E-state index in [4.69, 9.17) is 14.6 Å². The second-order valence-corrected chi connectivity index (χ2v) is 11.5. The van der Waals surface area contributed by atoms with Gasteiger partial charge in [0.05, 0.1) is 16.7 Å². The van der Waals surface area contributed by atoms with Crippen LogP contribution in [0.5, 0.6) is 0 Å². The average molecular weight is 956 g/mol. The van der Waals surface area contributed by atoms with Crippen molar-refractivity contribution in [1.82, 2.24) is 0 Å². The van der Waals surface area contributed by atoms with E-state index in [1.165, 1.54) is 12.5 Å². The Balaban J connectivity index is -0.000000161. The normalized spacial score (nSPS) is 9.94. The molecule has 0 heterocycles. The third kappa shape index (κ3) is 23.1. The van der Waals surface area contributed by atoms with Crippen molar-refractivity contribution < 1.29 is 67.9 Å². The predicted molar refractivity (Wildman–Crippen MR) is 236 cm³/mol. The van der Waals surface area contributed by atoms with Crippen LogP contribution < -0.4 is 0 Å². The van der Waals surface area contributed by atoms with E-state index in [9.17, 15) is 57.7 Å². The number of carboxylic acids is 2. The molecule has 20 heteroatoms. The van der Waals surface area contributed by atoms with Crippen molar-refractivity contribution in [2.45, 2.75) is 87.5 Å². The summed E-state index contributed by atoms with van der Waals surface area (Å²) < 4.78 is 142. The van der Waals surface area contributed by atoms with Crippen molar-refractivity contribution in [2.24, 2.45) is 0 Å². The molecule has 0 aliphatic carbocycles. The molecule has 3 N–H and O–H groups in total. The molecular formula is C43H51AlBF11NO4PS. The Labute approximate surface area is 379 Å². The SMILES string of the molecule is C.C=Cc1c(F)c(F)c(F)c(F)c1F.C=Cc1ccc(C(=O)O)cc1.CC.CC.CCC(C)c1c(F)c(F)c(F)c(F)c1F.CCC(C)c1ccc(C(=O)O)cc1.FP=S.[B].[NH]=[Al]. The number of aromatic carboxylic acids is 2. The third-order valence-corrected chi connectivity index (χ3v) is 7.53. The minimum absolute atomic E-state index is 0. The minimum atomic E-state index is -2.17. The van der Waals surface area contributed by atoms with Gasteiger partial charge < -0.3 is 10.2 Å². The molecule has 2 atom stereocenters. The molecule has 0 aliphatic heterocycles. The van der Waals surface area contributed by atoms with Crippen LogP contribution in [-0.2, 0) is 11.8 Å². The van der Waals surface area contributed by atoms with Gasteiger partial charge in [0.1, 0.15) is 0 Å². The summed E-state index contributed by atoms with van der Waals surface area (Å²) in [4.78, 5) is 20.9. The number of carboxylic acid groups (broad SMARTS) is 2. The average Bonchev–Trinajstić information content (AvgIpc) is 3.29. The van der Waals surface area contributed by atoms with E-state index >= 15 is 0 Å². The summed E-state index contributed by atoms with van der Waals surface area (Å²) in [6, 6.07) is 13.6. The summed E-state index contributed by atoms with van der Waals surface area (Å²) in [6.45, 7) is 21.7. The molecule has 0 saturated heterocycles. The van der Waals surface area contributed by atoms with Gasteiger partial charge in [0.2, 0.25) is 11.6 Å². The first-order chi connectivity index (χ1) is 28.7. The number of halogens is 11. The first-order valence-corrected chi connectivity index (χ1v) is 20.3. The first kappa shape index (κ1) is 70.1. The number of hydrogen-bond donors (Lipinski definition) is 3. The zero-order valence-corrected chi connectivity index (χ0v) is 38.0. The van der Waals surface area contributed by atoms with Crippen LogP contribution >= 0.6 is 7.67 Å². The van der Waals surface area contributed by atoms with Crippen molar-refractivity contribution in [3.05, 3.63) is 153 Å². The van der Waals surface area contributed by atoms with Crippen LogP contribution in [0.1, 0.15) is 130 Å². The van der Waals surface area contributed by atoms with Gasteiger partial charge >= 0.3 is 32.4 Å². The van der Waals surface area contributed by atoms with E-state index in [1.54, 1.807) is 65.5 Å². The van der Waals surface area contributed by atoms with Crippen LogP contribution in [0.2, 0.25) is 0 Å². The van der Waals surface area contributed by atoms with Crippen molar-refractivity contribution in [2.75, 3.05) is 0 Å². The molecule has 63 heavy (non-hydrogen) atoms. The molecule has 0 aliphatic rings. The molecule has 4 aromatic rings. The van der Waals surface area contributed by atoms with Crippen LogP contribution in [-0.4, -0.2) is 46.7 Å². The Morgan fingerprint density at radius 2 is 0.889 bits per heavy atom. The molecule has 0 bridgehead atoms. The zero-order valence-electron chi connectivity index (χ0n) is 35.1. The van der Waals surface area contributed by atoms with E-state index in [0.717, 1.165) is 12.0 Å². The predicted octanol–water partition coefficient (Wildman–Crippen LogP) is 15.4. The van der Waals surface area contributed by atoms with E-state index in [1.807, 2.05) is 39.8 Å². The number of carbonyl (C=O) groups is 2. The molecule has 2 unspecified atom stereocenters. The van der Waals surface area contributed by atoms with Gasteiger partial charge in [0.15, 0.2) is 54.2 Å². The van der Waals surface area contributed by atoms with E-state index in [0.29, 0.717) is 29.5 Å². The van der Waals surface area contributed by atoms with Crippen LogP contribution in [0.3, 0.4) is 0 Å². The Morgan fingerprint density at radius 3 is 1.14 bits per heavy atom. The van der Waals surface area contributed by atoms with Crippen LogP contribution in [0.4, 0.5) is 48.1 Å². The molecule has 346 valence electrons. The van der Waals surface area contributed by atoms with Gasteiger partial charge in [-0.25, -0.2) is 53.5 Å². The topological polar surface area (TPSA) is 98.4 Å². The first-order valence-electron chi connectivity index (χ1n) is 17.9. The molecule has 5 nitrogen and oxygen atoms in total. The van der Waals surface area contributed by atoms with E-state index in [2.05, 4.69) is 38.8 Å². The molecule has 0 spiro atoms. The van der Waals surface area contributed by atoms with Gasteiger partial charge in [-0.2, -0.15) is 4.20 Å². The molecule has 4 aromatic carbocycles. The summed E-state index contributed by atoms with van der Waals surface area (Å²) >= 11 is 5.37. The second-order valence-electron chi connectivity index (χ2n) is 10.9. The fraction of sp³-hybridized carbons (Fsp3) is 0.302. The molecular weight excluding hydrogens is 904 g/mol. The Bertz CT molecular complexity index is 1930. The molecule has 4 radical (unpaired) electrons. The fourth-order valence-corrected chi connectivity index (χ4v) is 4.01. The van der Waals surface area contributed by atoms with Crippen LogP contribution in [0, 0.1) is 62.5 Å². The Hall–Kier alpha value is -4.55. The molecule has 0 fully saturated rings. The maximum atomic E-state index is 13.1. The monoisotopic (exact) mass is 955 g/mol. The number of benzene rings is 4. The molecule has 4 rings (SSSR count). The zero-order chi connectivity index (χ0) is 48.7. The summed E-state index contributed by atoms with van der Waals surface area (Å²) in [7, 11) is -0.500. The molecule has 0 saturated carbocycles. The Kier molecular flexibility index (Phi) is 43.5. The number of rotatable bonds is 8. The standard InChI is InChI=1S/C11H14O2.C10H9F5.C9H8O2.C8H3F5.2C2H6.CH4.Al.B.FPS.HN/c1-3-8(2)9-4-6-10(7-5-9)11(12)13;1-3-4(2)5-6(11)8(13)10(15)9(14)7(5)12;1-2-7-3-5-8(6-4-7)9(10)11;1-2-3-4(9)6(11)8(13)7(12)5(3)10;2*1-2;;;;1-2-3;/h4-8H,3H2,1-2H3,(H,12,13);4H,3H2,1-2H3;2-6H,1H2,(H,10,11);2H,1H2;2*1-2H3;1H4;;;;1H. The van der Waals surface area contributed by atoms with Crippen LogP contribution in [0.15, 0.2) is 61.7 Å². The summed E-state index contributed by atoms with van der Waals surface area (Å²) in [5.41, 5.74) is 1.02. The maximum absolute atomic E-state index is 13.1. The van der Waals surface area contributed by atoms with Gasteiger partial charge in [-0.3, -0.25) is 0 Å². The molecule has 0 amide bonds. The van der Waals surface area contributed by atoms with Crippen molar-refractivity contribution >= 4 is 68.1 Å². The third-order valence-electron chi connectivity index (χ3n) is 7.53. The van der Waals surface area contributed by atoms with E-state index in [-0.39, 0.29) is 15.8 Å². The van der Waals surface area contributed by atoms with Gasteiger partial charge in [0, 0.05) is 14.0 Å². The van der Waals surface area contributed by atoms with E-state index < -0.39 is 94.8 Å². The fourth-order valence-electron chi connectivity index (χ4n) is 4.01.